The normalized spacial score (nSPS) is 22.9. The fourth-order valence-corrected chi connectivity index (χ4v) is 4.42. The smallest absolute Gasteiger partial charge is 0.149 e. The number of ether oxygens (including phenoxy) is 1. The summed E-state index contributed by atoms with van der Waals surface area (Å²) >= 11 is 0. The maximum absolute atomic E-state index is 14.6. The number of halogens is 2. The lowest BCUT2D eigenvalue weighted by Gasteiger charge is -2.31. The number of nitrogens with one attached hydrogen (secondary N) is 3. The summed E-state index contributed by atoms with van der Waals surface area (Å²) in [5, 5.41) is 10.3. The lowest BCUT2D eigenvalue weighted by molar-refractivity contribution is 0.161. The molecular formula is C25H34F2N4O. The second-order valence-corrected chi connectivity index (χ2v) is 9.35. The first-order valence-corrected chi connectivity index (χ1v) is 11.6. The molecule has 32 heavy (non-hydrogen) atoms. The van der Waals surface area contributed by atoms with Gasteiger partial charge in [-0.05, 0) is 69.2 Å². The third-order valence-corrected chi connectivity index (χ3v) is 6.45. The fraction of sp³-hybridized carbons (Fsp3) is 0.560. The fourth-order valence-electron chi connectivity index (χ4n) is 4.42. The highest BCUT2D eigenvalue weighted by Crippen LogP contribution is 2.39. The number of nitrogens with zero attached hydrogens (tertiary/aromatic N) is 1. The molecule has 4 rings (SSSR count). The summed E-state index contributed by atoms with van der Waals surface area (Å²) in [5.41, 5.74) is 0.967. The zero-order chi connectivity index (χ0) is 22.6. The molecule has 2 fully saturated rings. The van der Waals surface area contributed by atoms with E-state index in [0.717, 1.165) is 36.9 Å². The van der Waals surface area contributed by atoms with E-state index in [2.05, 4.69) is 27.9 Å². The van der Waals surface area contributed by atoms with Gasteiger partial charge in [0, 0.05) is 43.0 Å². The maximum Gasteiger partial charge on any atom is 0.149 e. The van der Waals surface area contributed by atoms with E-state index in [1.807, 2.05) is 24.3 Å². The van der Waals surface area contributed by atoms with E-state index < -0.39 is 5.67 Å². The van der Waals surface area contributed by atoms with Crippen molar-refractivity contribution in [2.75, 3.05) is 30.9 Å². The molecule has 1 aromatic heterocycles. The van der Waals surface area contributed by atoms with Crippen LogP contribution in [0.3, 0.4) is 0 Å². The predicted molar refractivity (Wildman–Crippen MR) is 125 cm³/mol. The molecular weight excluding hydrogens is 410 g/mol. The Hall–Kier alpha value is -2.25. The molecule has 0 bridgehead atoms. The second kappa shape index (κ2) is 10.1. The van der Waals surface area contributed by atoms with Crippen LogP contribution in [0, 0.1) is 5.82 Å². The van der Waals surface area contributed by atoms with Crippen LogP contribution in [0.5, 0.6) is 0 Å². The third kappa shape index (κ3) is 6.17. The number of benzene rings is 1. The summed E-state index contributed by atoms with van der Waals surface area (Å²) in [5.74, 6) is 0.321. The molecule has 7 heteroatoms. The van der Waals surface area contributed by atoms with Crippen molar-refractivity contribution in [2.45, 2.75) is 69.2 Å². The first kappa shape index (κ1) is 22.9. The number of hydrogen-bond acceptors (Lipinski definition) is 5. The van der Waals surface area contributed by atoms with Crippen LogP contribution in [0.1, 0.15) is 45.4 Å². The van der Waals surface area contributed by atoms with E-state index in [1.54, 1.807) is 13.2 Å². The molecule has 2 aliphatic rings. The molecule has 0 unspecified atom stereocenters. The zero-order valence-corrected chi connectivity index (χ0v) is 19.0. The molecule has 0 aliphatic heterocycles. The van der Waals surface area contributed by atoms with Gasteiger partial charge in [0.25, 0.3) is 0 Å². The SMILES string of the molecule is COC[C@@H](C)N[C@H]1CC[C@H](Nc2cc(-c3cccc(NCC4(F)CC4)c3)c(F)cn2)CC1. The van der Waals surface area contributed by atoms with Crippen LogP contribution in [-0.2, 0) is 4.74 Å². The van der Waals surface area contributed by atoms with E-state index in [9.17, 15) is 8.78 Å². The standard InChI is InChI=1S/C25H34F2N4O/c1-17(15-32-2)30-19-6-8-20(9-7-19)31-24-13-22(23(26)14-28-24)18-4-3-5-21(12-18)29-16-25(27)10-11-25/h3-5,12-14,17,19-20,29-30H,6-11,15-16H2,1-2H3,(H,28,31)/t17-,19-,20-/m1/s1. The molecule has 1 heterocycles. The van der Waals surface area contributed by atoms with Crippen molar-refractivity contribution in [3.8, 4) is 11.1 Å². The van der Waals surface area contributed by atoms with Crippen LogP contribution in [0.15, 0.2) is 36.5 Å². The number of aromatic nitrogens is 1. The summed E-state index contributed by atoms with van der Waals surface area (Å²) < 4.78 is 33.7. The molecule has 174 valence electrons. The number of methoxy groups -OCH3 is 1. The topological polar surface area (TPSA) is 58.2 Å². The van der Waals surface area contributed by atoms with Gasteiger partial charge in [-0.3, -0.25) is 0 Å². The molecule has 2 aliphatic carbocycles. The molecule has 2 aromatic rings. The Morgan fingerprint density at radius 1 is 1.16 bits per heavy atom. The summed E-state index contributed by atoms with van der Waals surface area (Å²) in [7, 11) is 1.73. The van der Waals surface area contributed by atoms with E-state index in [1.165, 1.54) is 6.20 Å². The lowest BCUT2D eigenvalue weighted by Crippen LogP contribution is -2.42. The monoisotopic (exact) mass is 444 g/mol. The zero-order valence-electron chi connectivity index (χ0n) is 19.0. The molecule has 3 N–H and O–H groups in total. The van der Waals surface area contributed by atoms with E-state index in [4.69, 9.17) is 4.74 Å². The molecule has 0 radical (unpaired) electrons. The largest absolute Gasteiger partial charge is 0.383 e. The van der Waals surface area contributed by atoms with Gasteiger partial charge in [0.15, 0.2) is 0 Å². The number of pyridine rings is 1. The van der Waals surface area contributed by atoms with Crippen molar-refractivity contribution in [1.82, 2.24) is 10.3 Å². The number of hydrogen-bond donors (Lipinski definition) is 3. The van der Waals surface area contributed by atoms with Gasteiger partial charge in [-0.2, -0.15) is 0 Å². The van der Waals surface area contributed by atoms with Crippen LogP contribution in [0.2, 0.25) is 0 Å². The summed E-state index contributed by atoms with van der Waals surface area (Å²) in [6.07, 6.45) is 6.74. The molecule has 1 atom stereocenters. The molecule has 0 spiro atoms. The van der Waals surface area contributed by atoms with Crippen molar-refractivity contribution < 1.29 is 13.5 Å². The van der Waals surface area contributed by atoms with Crippen molar-refractivity contribution in [1.29, 1.82) is 0 Å². The Kier molecular flexibility index (Phi) is 7.26. The predicted octanol–water partition coefficient (Wildman–Crippen LogP) is 5.15. The number of alkyl halides is 1. The minimum atomic E-state index is -1.08. The quantitative estimate of drug-likeness (QED) is 0.473. The minimum Gasteiger partial charge on any atom is -0.383 e. The van der Waals surface area contributed by atoms with Crippen LogP contribution in [0.25, 0.3) is 11.1 Å². The molecule has 0 amide bonds. The van der Waals surface area contributed by atoms with E-state index in [0.29, 0.717) is 55.5 Å². The average Bonchev–Trinajstić information content (AvgIpc) is 3.53. The summed E-state index contributed by atoms with van der Waals surface area (Å²) in [4.78, 5) is 4.27. The molecule has 5 nitrogen and oxygen atoms in total. The van der Waals surface area contributed by atoms with Crippen molar-refractivity contribution in [2.24, 2.45) is 0 Å². The highest BCUT2D eigenvalue weighted by molar-refractivity contribution is 5.70. The molecule has 0 saturated heterocycles. The number of anilines is 2. The van der Waals surface area contributed by atoms with Gasteiger partial charge in [-0.25, -0.2) is 13.8 Å². The van der Waals surface area contributed by atoms with Crippen molar-refractivity contribution in [3.05, 3.63) is 42.3 Å². The van der Waals surface area contributed by atoms with Crippen LogP contribution < -0.4 is 16.0 Å². The minimum absolute atomic E-state index is 0.296. The Morgan fingerprint density at radius 3 is 2.62 bits per heavy atom. The average molecular weight is 445 g/mol. The van der Waals surface area contributed by atoms with Crippen LogP contribution >= 0.6 is 0 Å². The van der Waals surface area contributed by atoms with Gasteiger partial charge >= 0.3 is 0 Å². The highest BCUT2D eigenvalue weighted by Gasteiger charge is 2.42. The first-order valence-electron chi connectivity index (χ1n) is 11.6. The Labute approximate surface area is 189 Å². The summed E-state index contributed by atoms with van der Waals surface area (Å²) in [6.45, 7) is 3.15. The van der Waals surface area contributed by atoms with Gasteiger partial charge < -0.3 is 20.7 Å². The van der Waals surface area contributed by atoms with Gasteiger partial charge in [-0.15, -0.1) is 0 Å². The van der Waals surface area contributed by atoms with Gasteiger partial charge in [-0.1, -0.05) is 12.1 Å². The molecule has 2 saturated carbocycles. The first-order chi connectivity index (χ1) is 15.4. The third-order valence-electron chi connectivity index (χ3n) is 6.45. The van der Waals surface area contributed by atoms with Gasteiger partial charge in [0.2, 0.25) is 0 Å². The Morgan fingerprint density at radius 2 is 1.91 bits per heavy atom. The van der Waals surface area contributed by atoms with Crippen LogP contribution in [0.4, 0.5) is 20.3 Å². The van der Waals surface area contributed by atoms with E-state index >= 15 is 0 Å². The van der Waals surface area contributed by atoms with E-state index in [-0.39, 0.29) is 5.82 Å². The van der Waals surface area contributed by atoms with Crippen molar-refractivity contribution in [3.63, 3.8) is 0 Å². The lowest BCUT2D eigenvalue weighted by atomic mass is 9.90. The van der Waals surface area contributed by atoms with Crippen LogP contribution in [-0.4, -0.2) is 49.0 Å². The Bertz CT molecular complexity index is 897. The second-order valence-electron chi connectivity index (χ2n) is 9.35. The van der Waals surface area contributed by atoms with Gasteiger partial charge in [0.1, 0.15) is 17.3 Å². The highest BCUT2D eigenvalue weighted by atomic mass is 19.1. The van der Waals surface area contributed by atoms with Gasteiger partial charge in [0.05, 0.1) is 12.8 Å². The van der Waals surface area contributed by atoms with Crippen molar-refractivity contribution >= 4 is 11.5 Å². The summed E-state index contributed by atoms with van der Waals surface area (Å²) in [6, 6.07) is 10.4. The maximum atomic E-state index is 14.6. The molecule has 1 aromatic carbocycles. The number of rotatable bonds is 10. The Balaban J connectivity index is 1.36.